The Morgan fingerprint density at radius 1 is 1.08 bits per heavy atom. The summed E-state index contributed by atoms with van der Waals surface area (Å²) >= 11 is 0. The third-order valence-corrected chi connectivity index (χ3v) is 2.03. The molecular weight excluding hydrogens is 162 g/mol. The van der Waals surface area contributed by atoms with Crippen LogP contribution in [-0.4, -0.2) is 15.4 Å². The number of hydrogen-bond acceptors (Lipinski definition) is 3. The molecule has 2 aromatic rings. The van der Waals surface area contributed by atoms with Gasteiger partial charge in [0.2, 0.25) is 0 Å². The van der Waals surface area contributed by atoms with Gasteiger partial charge in [0, 0.05) is 5.39 Å². The summed E-state index contributed by atoms with van der Waals surface area (Å²) in [4.78, 5) is 0. The van der Waals surface area contributed by atoms with Gasteiger partial charge in [0.25, 0.3) is 0 Å². The van der Waals surface area contributed by atoms with Crippen LogP contribution in [0.2, 0.25) is 0 Å². The van der Waals surface area contributed by atoms with Gasteiger partial charge in [0.15, 0.2) is 0 Å². The summed E-state index contributed by atoms with van der Waals surface area (Å²) in [5, 5.41) is 12.8. The van der Waals surface area contributed by atoms with E-state index in [2.05, 4.69) is 29.3 Å². The fourth-order valence-corrected chi connectivity index (χ4v) is 1.38. The van der Waals surface area contributed by atoms with Crippen LogP contribution >= 0.6 is 0 Å². The molecule has 0 aliphatic carbocycles. The molecule has 0 unspecified atom stereocenters. The number of fused-ring (bicyclic) bond motifs is 1. The minimum atomic E-state index is 0.389. The van der Waals surface area contributed by atoms with Crippen molar-refractivity contribution >= 4 is 10.9 Å². The van der Waals surface area contributed by atoms with E-state index in [0.717, 1.165) is 16.6 Å². The molecule has 0 amide bonds. The maximum Gasteiger partial charge on any atom is 0.0966 e. The predicted molar refractivity (Wildman–Crippen MR) is 51.4 cm³/mol. The van der Waals surface area contributed by atoms with E-state index >= 15 is 0 Å². The highest BCUT2D eigenvalue weighted by Crippen LogP contribution is 2.19. The molecule has 0 radical (unpaired) electrons. The number of aromatic nitrogens is 3. The predicted octanol–water partition coefficient (Wildman–Crippen LogP) is 2.15. The Morgan fingerprint density at radius 3 is 2.62 bits per heavy atom. The monoisotopic (exact) mass is 173 g/mol. The van der Waals surface area contributed by atoms with E-state index in [9.17, 15) is 0 Å². The molecule has 0 saturated heterocycles. The van der Waals surface area contributed by atoms with Gasteiger partial charge in [-0.2, -0.15) is 0 Å². The molecule has 3 nitrogen and oxygen atoms in total. The van der Waals surface area contributed by atoms with Gasteiger partial charge in [0.05, 0.1) is 11.2 Å². The minimum Gasteiger partial charge on any atom is -0.134 e. The van der Waals surface area contributed by atoms with Crippen LogP contribution in [0.25, 0.3) is 10.9 Å². The number of benzene rings is 1. The van der Waals surface area contributed by atoms with Crippen molar-refractivity contribution in [2.75, 3.05) is 0 Å². The quantitative estimate of drug-likeness (QED) is 0.663. The van der Waals surface area contributed by atoms with Gasteiger partial charge in [-0.05, 0) is 17.2 Å². The maximum atomic E-state index is 4.05. The molecule has 0 N–H and O–H groups in total. The Bertz CT molecular complexity index is 418. The average Bonchev–Trinajstić information content (AvgIpc) is 2.17. The van der Waals surface area contributed by atoms with E-state index in [4.69, 9.17) is 0 Å². The first-order valence-electron chi connectivity index (χ1n) is 4.37. The largest absolute Gasteiger partial charge is 0.134 e. The normalized spacial score (nSPS) is 11.0. The molecule has 1 aromatic carbocycles. The number of hydrogen-bond donors (Lipinski definition) is 0. The second kappa shape index (κ2) is 3.09. The molecule has 2 rings (SSSR count). The zero-order valence-electron chi connectivity index (χ0n) is 7.73. The van der Waals surface area contributed by atoms with Crippen LogP contribution in [0, 0.1) is 0 Å². The van der Waals surface area contributed by atoms with Gasteiger partial charge in [-0.25, -0.2) is 0 Å². The Labute approximate surface area is 76.8 Å². The van der Waals surface area contributed by atoms with Crippen molar-refractivity contribution in [1.29, 1.82) is 0 Å². The second-order valence-electron chi connectivity index (χ2n) is 3.35. The molecule has 3 heteroatoms. The zero-order valence-corrected chi connectivity index (χ0v) is 7.73. The molecule has 13 heavy (non-hydrogen) atoms. The smallest absolute Gasteiger partial charge is 0.0966 e. The van der Waals surface area contributed by atoms with Crippen molar-refractivity contribution in [1.82, 2.24) is 15.4 Å². The van der Waals surface area contributed by atoms with Crippen molar-refractivity contribution in [3.8, 4) is 0 Å². The first-order chi connectivity index (χ1) is 6.29. The molecule has 1 aromatic heterocycles. The van der Waals surface area contributed by atoms with Crippen LogP contribution in [0.15, 0.2) is 24.3 Å². The van der Waals surface area contributed by atoms with Crippen LogP contribution in [-0.2, 0) is 0 Å². The summed E-state index contributed by atoms with van der Waals surface area (Å²) in [7, 11) is 0. The van der Waals surface area contributed by atoms with E-state index in [1.165, 1.54) is 0 Å². The van der Waals surface area contributed by atoms with Crippen LogP contribution in [0.3, 0.4) is 0 Å². The van der Waals surface area contributed by atoms with Crippen LogP contribution < -0.4 is 0 Å². The molecule has 0 fully saturated rings. The summed E-state index contributed by atoms with van der Waals surface area (Å²) in [6, 6.07) is 7.95. The third-order valence-electron chi connectivity index (χ3n) is 2.03. The lowest BCUT2D eigenvalue weighted by atomic mass is 10.1. The van der Waals surface area contributed by atoms with Crippen LogP contribution in [0.1, 0.15) is 25.5 Å². The van der Waals surface area contributed by atoms with Gasteiger partial charge in [0.1, 0.15) is 0 Å². The molecule has 66 valence electrons. The first-order valence-corrected chi connectivity index (χ1v) is 4.37. The third kappa shape index (κ3) is 1.37. The summed E-state index contributed by atoms with van der Waals surface area (Å²) in [5.41, 5.74) is 1.94. The van der Waals surface area contributed by atoms with Gasteiger partial charge >= 0.3 is 0 Å². The SMILES string of the molecule is CC(C)c1nnnc2ccccc12. The Balaban J connectivity index is 2.76. The number of rotatable bonds is 1. The summed E-state index contributed by atoms with van der Waals surface area (Å²) in [6.07, 6.45) is 0. The van der Waals surface area contributed by atoms with Crippen molar-refractivity contribution in [2.24, 2.45) is 0 Å². The number of nitrogens with zero attached hydrogens (tertiary/aromatic N) is 3. The molecule has 0 atom stereocenters. The van der Waals surface area contributed by atoms with Crippen molar-refractivity contribution in [3.63, 3.8) is 0 Å². The van der Waals surface area contributed by atoms with Crippen molar-refractivity contribution in [3.05, 3.63) is 30.0 Å². The fraction of sp³-hybridized carbons (Fsp3) is 0.300. The molecule has 0 spiro atoms. The topological polar surface area (TPSA) is 38.7 Å². The Hall–Kier alpha value is -1.51. The van der Waals surface area contributed by atoms with E-state index in [0.29, 0.717) is 5.92 Å². The van der Waals surface area contributed by atoms with Crippen molar-refractivity contribution < 1.29 is 0 Å². The van der Waals surface area contributed by atoms with Gasteiger partial charge in [-0.3, -0.25) is 0 Å². The average molecular weight is 173 g/mol. The summed E-state index contributed by atoms with van der Waals surface area (Å²) in [6.45, 7) is 4.22. The van der Waals surface area contributed by atoms with Gasteiger partial charge in [-0.15, -0.1) is 10.2 Å². The highest BCUT2D eigenvalue weighted by atomic mass is 15.3. The summed E-state index contributed by atoms with van der Waals surface area (Å²) < 4.78 is 0. The molecule has 1 heterocycles. The highest BCUT2D eigenvalue weighted by molar-refractivity contribution is 5.80. The van der Waals surface area contributed by atoms with Crippen molar-refractivity contribution in [2.45, 2.75) is 19.8 Å². The highest BCUT2D eigenvalue weighted by Gasteiger charge is 2.06. The minimum absolute atomic E-state index is 0.389. The summed E-state index contributed by atoms with van der Waals surface area (Å²) in [5.74, 6) is 0.389. The van der Waals surface area contributed by atoms with Crippen LogP contribution in [0.5, 0.6) is 0 Å². The Kier molecular flexibility index (Phi) is 1.93. The fourth-order valence-electron chi connectivity index (χ4n) is 1.38. The lowest BCUT2D eigenvalue weighted by molar-refractivity contribution is 0.763. The van der Waals surface area contributed by atoms with E-state index in [1.54, 1.807) is 0 Å². The lowest BCUT2D eigenvalue weighted by Gasteiger charge is -2.05. The van der Waals surface area contributed by atoms with E-state index < -0.39 is 0 Å². The zero-order chi connectivity index (χ0) is 9.26. The van der Waals surface area contributed by atoms with E-state index in [1.807, 2.05) is 24.3 Å². The molecule has 0 saturated carbocycles. The van der Waals surface area contributed by atoms with Gasteiger partial charge < -0.3 is 0 Å². The molecule has 0 bridgehead atoms. The molecule has 0 aliphatic rings. The maximum absolute atomic E-state index is 4.05. The molecular formula is C10H11N3. The second-order valence-corrected chi connectivity index (χ2v) is 3.35. The standard InChI is InChI=1S/C10H11N3/c1-7(2)10-8-5-3-4-6-9(8)11-13-12-10/h3-7H,1-2H3. The first kappa shape index (κ1) is 8.10. The lowest BCUT2D eigenvalue weighted by Crippen LogP contribution is -1.98. The Morgan fingerprint density at radius 2 is 1.85 bits per heavy atom. The van der Waals surface area contributed by atoms with E-state index in [-0.39, 0.29) is 0 Å². The van der Waals surface area contributed by atoms with Gasteiger partial charge in [-0.1, -0.05) is 32.0 Å². The van der Waals surface area contributed by atoms with Crippen LogP contribution in [0.4, 0.5) is 0 Å². The molecule has 0 aliphatic heterocycles.